The van der Waals surface area contributed by atoms with E-state index in [-0.39, 0.29) is 10.7 Å². The highest BCUT2D eigenvalue weighted by Gasteiger charge is 2.18. The Labute approximate surface area is 156 Å². The van der Waals surface area contributed by atoms with E-state index in [9.17, 15) is 12.8 Å². The van der Waals surface area contributed by atoms with Crippen molar-refractivity contribution < 1.29 is 17.5 Å². The molecule has 0 bridgehead atoms. The van der Waals surface area contributed by atoms with E-state index in [1.165, 1.54) is 19.1 Å². The van der Waals surface area contributed by atoms with Crippen molar-refractivity contribution in [2.75, 3.05) is 17.1 Å². The van der Waals surface area contributed by atoms with E-state index in [4.69, 9.17) is 4.74 Å². The first kappa shape index (κ1) is 18.6. The van der Waals surface area contributed by atoms with Gasteiger partial charge in [0.1, 0.15) is 11.6 Å². The molecule has 27 heavy (non-hydrogen) atoms. The van der Waals surface area contributed by atoms with Gasteiger partial charge in [0, 0.05) is 5.69 Å². The molecule has 0 saturated heterocycles. The second-order valence-electron chi connectivity index (χ2n) is 5.67. The summed E-state index contributed by atoms with van der Waals surface area (Å²) in [4.78, 5) is -0.0221. The van der Waals surface area contributed by atoms with Crippen molar-refractivity contribution in [3.8, 4) is 5.75 Å². The maximum Gasteiger partial charge on any atom is 0.263 e. The number of benzene rings is 2. The van der Waals surface area contributed by atoms with Crippen LogP contribution in [0.25, 0.3) is 0 Å². The van der Waals surface area contributed by atoms with E-state index in [1.54, 1.807) is 25.3 Å². The minimum Gasteiger partial charge on any atom is -0.497 e. The Balaban J connectivity index is 1.73. The standard InChI is InChI=1S/C18H17FN4O3S/c1-12-11-13(19)3-8-16(12)27(24,25)23-18-10-9-17(21-22-18)20-14-4-6-15(26-2)7-5-14/h3-11H,1-2H3,(H,20,21)(H,22,23). The van der Waals surface area contributed by atoms with Crippen LogP contribution in [0, 0.1) is 12.7 Å². The Morgan fingerprint density at radius 3 is 2.22 bits per heavy atom. The van der Waals surface area contributed by atoms with E-state index in [0.29, 0.717) is 11.4 Å². The molecule has 0 aliphatic carbocycles. The average Bonchev–Trinajstić information content (AvgIpc) is 2.63. The Hall–Kier alpha value is -3.20. The highest BCUT2D eigenvalue weighted by atomic mass is 32.2. The van der Waals surface area contributed by atoms with Crippen LogP contribution in [0.2, 0.25) is 0 Å². The smallest absolute Gasteiger partial charge is 0.263 e. The lowest BCUT2D eigenvalue weighted by molar-refractivity contribution is 0.415. The van der Waals surface area contributed by atoms with Gasteiger partial charge in [0.05, 0.1) is 12.0 Å². The van der Waals surface area contributed by atoms with Crippen LogP contribution < -0.4 is 14.8 Å². The predicted octanol–water partition coefficient (Wildman–Crippen LogP) is 3.48. The number of rotatable bonds is 6. The summed E-state index contributed by atoms with van der Waals surface area (Å²) in [5.74, 6) is 0.729. The molecular weight excluding hydrogens is 371 g/mol. The van der Waals surface area contributed by atoms with E-state index >= 15 is 0 Å². The average molecular weight is 388 g/mol. The molecule has 3 aromatic rings. The third-order valence-electron chi connectivity index (χ3n) is 3.69. The molecule has 0 saturated carbocycles. The van der Waals surface area contributed by atoms with Crippen molar-refractivity contribution in [2.45, 2.75) is 11.8 Å². The van der Waals surface area contributed by atoms with E-state index in [0.717, 1.165) is 23.6 Å². The molecule has 0 fully saturated rings. The molecule has 140 valence electrons. The lowest BCUT2D eigenvalue weighted by Gasteiger charge is -2.10. The van der Waals surface area contributed by atoms with Gasteiger partial charge in [0.25, 0.3) is 10.0 Å². The van der Waals surface area contributed by atoms with Gasteiger partial charge >= 0.3 is 0 Å². The highest BCUT2D eigenvalue weighted by molar-refractivity contribution is 7.92. The Morgan fingerprint density at radius 1 is 0.963 bits per heavy atom. The summed E-state index contributed by atoms with van der Waals surface area (Å²) in [6, 6.07) is 13.7. The summed E-state index contributed by atoms with van der Waals surface area (Å²) in [7, 11) is -2.31. The molecule has 0 aliphatic rings. The number of hydrogen-bond donors (Lipinski definition) is 2. The molecule has 0 radical (unpaired) electrons. The molecular formula is C18H17FN4O3S. The molecule has 3 rings (SSSR count). The number of nitrogens with zero attached hydrogens (tertiary/aromatic N) is 2. The molecule has 9 heteroatoms. The van der Waals surface area contributed by atoms with Crippen LogP contribution in [-0.4, -0.2) is 25.7 Å². The summed E-state index contributed by atoms with van der Waals surface area (Å²) < 4.78 is 45.5. The third kappa shape index (κ3) is 4.50. The number of halogens is 1. The van der Waals surface area contributed by atoms with Crippen molar-refractivity contribution in [2.24, 2.45) is 0 Å². The number of ether oxygens (including phenoxy) is 1. The van der Waals surface area contributed by atoms with Crippen LogP contribution in [0.5, 0.6) is 5.75 Å². The number of anilines is 3. The summed E-state index contributed by atoms with van der Waals surface area (Å²) >= 11 is 0. The fourth-order valence-electron chi connectivity index (χ4n) is 2.38. The fourth-order valence-corrected chi connectivity index (χ4v) is 3.61. The zero-order valence-electron chi connectivity index (χ0n) is 14.6. The molecule has 2 aromatic carbocycles. The van der Waals surface area contributed by atoms with Crippen LogP contribution in [0.1, 0.15) is 5.56 Å². The molecule has 0 amide bonds. The van der Waals surface area contributed by atoms with Crippen LogP contribution in [0.3, 0.4) is 0 Å². The molecule has 2 N–H and O–H groups in total. The maximum absolute atomic E-state index is 13.2. The topological polar surface area (TPSA) is 93.2 Å². The van der Waals surface area contributed by atoms with Crippen LogP contribution in [-0.2, 0) is 10.0 Å². The first-order valence-corrected chi connectivity index (χ1v) is 9.39. The van der Waals surface area contributed by atoms with Crippen LogP contribution in [0.15, 0.2) is 59.5 Å². The van der Waals surface area contributed by atoms with Gasteiger partial charge in [-0.1, -0.05) is 0 Å². The lowest BCUT2D eigenvalue weighted by Crippen LogP contribution is -2.15. The van der Waals surface area contributed by atoms with Crippen molar-refractivity contribution >= 4 is 27.3 Å². The molecule has 1 heterocycles. The van der Waals surface area contributed by atoms with Gasteiger partial charge in [0.2, 0.25) is 0 Å². The molecule has 0 atom stereocenters. The number of hydrogen-bond acceptors (Lipinski definition) is 6. The second-order valence-corrected chi connectivity index (χ2v) is 7.32. The highest BCUT2D eigenvalue weighted by Crippen LogP contribution is 2.21. The van der Waals surface area contributed by atoms with Gasteiger partial charge < -0.3 is 10.1 Å². The second kappa shape index (κ2) is 7.58. The number of aromatic nitrogens is 2. The largest absolute Gasteiger partial charge is 0.497 e. The van der Waals surface area contributed by atoms with Crippen molar-refractivity contribution in [1.82, 2.24) is 10.2 Å². The molecule has 0 aliphatic heterocycles. The van der Waals surface area contributed by atoms with Gasteiger partial charge in [-0.25, -0.2) is 12.8 Å². The quantitative estimate of drug-likeness (QED) is 0.672. The minimum absolute atomic E-state index is 0.0221. The van der Waals surface area contributed by atoms with Gasteiger partial charge in [-0.3, -0.25) is 4.72 Å². The summed E-state index contributed by atoms with van der Waals surface area (Å²) in [6.07, 6.45) is 0. The Kier molecular flexibility index (Phi) is 5.22. The van der Waals surface area contributed by atoms with Crippen LogP contribution in [0.4, 0.5) is 21.7 Å². The van der Waals surface area contributed by atoms with Crippen molar-refractivity contribution in [1.29, 1.82) is 0 Å². The first-order chi connectivity index (χ1) is 12.9. The Morgan fingerprint density at radius 2 is 1.63 bits per heavy atom. The van der Waals surface area contributed by atoms with E-state index < -0.39 is 15.8 Å². The molecule has 1 aromatic heterocycles. The monoisotopic (exact) mass is 388 g/mol. The van der Waals surface area contributed by atoms with E-state index in [1.807, 2.05) is 12.1 Å². The molecule has 0 unspecified atom stereocenters. The summed E-state index contributed by atoms with van der Waals surface area (Å²) in [5.41, 5.74) is 1.08. The maximum atomic E-state index is 13.2. The van der Waals surface area contributed by atoms with Gasteiger partial charge in [-0.15, -0.1) is 10.2 Å². The van der Waals surface area contributed by atoms with Crippen LogP contribution >= 0.6 is 0 Å². The number of methoxy groups -OCH3 is 1. The van der Waals surface area contributed by atoms with Gasteiger partial charge in [-0.2, -0.15) is 0 Å². The van der Waals surface area contributed by atoms with Crippen molar-refractivity contribution in [3.63, 3.8) is 0 Å². The molecule has 0 spiro atoms. The number of sulfonamides is 1. The number of aryl methyl sites for hydroxylation is 1. The summed E-state index contributed by atoms with van der Waals surface area (Å²) in [5, 5.41) is 10.9. The van der Waals surface area contributed by atoms with E-state index in [2.05, 4.69) is 20.2 Å². The third-order valence-corrected chi connectivity index (χ3v) is 5.21. The summed E-state index contributed by atoms with van der Waals surface area (Å²) in [6.45, 7) is 1.52. The lowest BCUT2D eigenvalue weighted by atomic mass is 10.2. The van der Waals surface area contributed by atoms with Crippen molar-refractivity contribution in [3.05, 3.63) is 66.0 Å². The van der Waals surface area contributed by atoms with Gasteiger partial charge in [0.15, 0.2) is 11.6 Å². The normalized spacial score (nSPS) is 11.1. The molecule has 7 nitrogen and oxygen atoms in total. The first-order valence-electron chi connectivity index (χ1n) is 7.91. The zero-order valence-corrected chi connectivity index (χ0v) is 15.4. The Bertz CT molecular complexity index is 1040. The zero-order chi connectivity index (χ0) is 19.4. The minimum atomic E-state index is -3.89. The number of nitrogens with one attached hydrogen (secondary N) is 2. The fraction of sp³-hybridized carbons (Fsp3) is 0.111. The SMILES string of the molecule is COc1ccc(Nc2ccc(NS(=O)(=O)c3ccc(F)cc3C)nn2)cc1. The van der Waals surface area contributed by atoms with Gasteiger partial charge in [-0.05, 0) is 67.1 Å². The predicted molar refractivity (Wildman–Crippen MR) is 100 cm³/mol.